The Balaban J connectivity index is 2.84. The Morgan fingerprint density at radius 1 is 1.29 bits per heavy atom. The Labute approximate surface area is 101 Å². The van der Waals surface area contributed by atoms with Gasteiger partial charge in [0, 0.05) is 24.6 Å². The van der Waals surface area contributed by atoms with Crippen LogP contribution in [-0.4, -0.2) is 11.1 Å². The number of nitrogens with zero attached hydrogens (tertiary/aromatic N) is 1. The average molecular weight is 230 g/mol. The molecule has 0 saturated carbocycles. The molecular formula is C14H18N2O. The first-order valence-electron chi connectivity index (χ1n) is 5.77. The van der Waals surface area contributed by atoms with Crippen molar-refractivity contribution < 1.29 is 0 Å². The minimum Gasteiger partial charge on any atom is -0.330 e. The van der Waals surface area contributed by atoms with Crippen molar-refractivity contribution in [2.45, 2.75) is 19.3 Å². The fraction of sp³-hybridized carbons (Fsp3) is 0.357. The summed E-state index contributed by atoms with van der Waals surface area (Å²) in [6.45, 7) is 4.46. The number of hydrogen-bond donors (Lipinski definition) is 1. The number of rotatable bonds is 2. The van der Waals surface area contributed by atoms with Gasteiger partial charge in [-0.15, -0.1) is 0 Å². The van der Waals surface area contributed by atoms with E-state index in [0.29, 0.717) is 6.54 Å². The first-order chi connectivity index (χ1) is 7.97. The van der Waals surface area contributed by atoms with E-state index in [9.17, 15) is 4.79 Å². The van der Waals surface area contributed by atoms with Crippen LogP contribution >= 0.6 is 0 Å². The Hall–Kier alpha value is -1.61. The van der Waals surface area contributed by atoms with Crippen molar-refractivity contribution in [3.05, 3.63) is 46.2 Å². The maximum Gasteiger partial charge on any atom is 0.254 e. The molecule has 3 heteroatoms. The van der Waals surface area contributed by atoms with Crippen LogP contribution < -0.4 is 11.3 Å². The first-order valence-corrected chi connectivity index (χ1v) is 5.77. The second-order valence-corrected chi connectivity index (χ2v) is 5.07. The molecule has 0 aliphatic carbocycles. The van der Waals surface area contributed by atoms with E-state index in [1.165, 1.54) is 0 Å². The summed E-state index contributed by atoms with van der Waals surface area (Å²) in [6.07, 6.45) is 0. The van der Waals surface area contributed by atoms with Gasteiger partial charge in [-0.1, -0.05) is 32.0 Å². The number of pyridine rings is 1. The second kappa shape index (κ2) is 4.00. The molecule has 0 aliphatic heterocycles. The zero-order chi connectivity index (χ0) is 12.6. The quantitative estimate of drug-likeness (QED) is 0.854. The standard InChI is InChI=1S/C14H18N2O/c1-14(2,9-15)11-8-10-6-4-5-7-12(10)16(3)13(11)17/h4-8H,9,15H2,1-3H3. The molecule has 0 atom stereocenters. The zero-order valence-electron chi connectivity index (χ0n) is 10.5. The van der Waals surface area contributed by atoms with Crippen molar-refractivity contribution in [3.63, 3.8) is 0 Å². The van der Waals surface area contributed by atoms with Crippen LogP contribution in [0.2, 0.25) is 0 Å². The lowest BCUT2D eigenvalue weighted by Gasteiger charge is -2.23. The number of hydrogen-bond acceptors (Lipinski definition) is 2. The molecule has 1 heterocycles. The summed E-state index contributed by atoms with van der Waals surface area (Å²) in [6, 6.07) is 9.85. The van der Waals surface area contributed by atoms with Gasteiger partial charge in [0.1, 0.15) is 0 Å². The molecule has 0 amide bonds. The molecule has 1 aromatic heterocycles. The highest BCUT2D eigenvalue weighted by Crippen LogP contribution is 2.22. The number of aryl methyl sites for hydroxylation is 1. The van der Waals surface area contributed by atoms with Gasteiger partial charge in [0.15, 0.2) is 0 Å². The fourth-order valence-corrected chi connectivity index (χ4v) is 2.02. The second-order valence-electron chi connectivity index (χ2n) is 5.07. The normalized spacial score (nSPS) is 12.0. The Morgan fingerprint density at radius 2 is 1.94 bits per heavy atom. The van der Waals surface area contributed by atoms with Crippen molar-refractivity contribution in [2.24, 2.45) is 12.8 Å². The van der Waals surface area contributed by atoms with E-state index in [4.69, 9.17) is 5.73 Å². The minimum atomic E-state index is -0.293. The summed E-state index contributed by atoms with van der Waals surface area (Å²) in [5.41, 5.74) is 7.23. The van der Waals surface area contributed by atoms with Crippen molar-refractivity contribution in [1.82, 2.24) is 4.57 Å². The lowest BCUT2D eigenvalue weighted by atomic mass is 9.85. The first kappa shape index (κ1) is 11.9. The summed E-state index contributed by atoms with van der Waals surface area (Å²) in [5, 5.41) is 1.08. The molecule has 0 saturated heterocycles. The number of benzene rings is 1. The van der Waals surface area contributed by atoms with Gasteiger partial charge >= 0.3 is 0 Å². The molecule has 0 spiro atoms. The van der Waals surface area contributed by atoms with Gasteiger partial charge in [0.2, 0.25) is 0 Å². The summed E-state index contributed by atoms with van der Waals surface area (Å²) in [4.78, 5) is 12.3. The number of fused-ring (bicyclic) bond motifs is 1. The molecule has 0 unspecified atom stereocenters. The maximum atomic E-state index is 12.3. The Morgan fingerprint density at radius 3 is 2.59 bits per heavy atom. The third kappa shape index (κ3) is 1.87. The summed E-state index contributed by atoms with van der Waals surface area (Å²) >= 11 is 0. The lowest BCUT2D eigenvalue weighted by molar-refractivity contribution is 0.529. The SMILES string of the molecule is Cn1c(=O)c(C(C)(C)CN)cc2ccccc21. The Bertz CT molecular complexity index is 611. The van der Waals surface area contributed by atoms with Crippen LogP contribution in [0.4, 0.5) is 0 Å². The van der Waals surface area contributed by atoms with Crippen molar-refractivity contribution >= 4 is 10.9 Å². The van der Waals surface area contributed by atoms with Crippen LogP contribution in [0.3, 0.4) is 0 Å². The van der Waals surface area contributed by atoms with Crippen molar-refractivity contribution in [3.8, 4) is 0 Å². The molecule has 1 aromatic carbocycles. The zero-order valence-corrected chi connectivity index (χ0v) is 10.5. The van der Waals surface area contributed by atoms with Crippen LogP contribution in [-0.2, 0) is 12.5 Å². The smallest absolute Gasteiger partial charge is 0.254 e. The van der Waals surface area contributed by atoms with E-state index in [1.807, 2.05) is 44.2 Å². The van der Waals surface area contributed by atoms with E-state index in [-0.39, 0.29) is 11.0 Å². The molecule has 17 heavy (non-hydrogen) atoms. The molecule has 2 N–H and O–H groups in total. The number of para-hydroxylation sites is 1. The van der Waals surface area contributed by atoms with Crippen LogP contribution in [0.15, 0.2) is 35.1 Å². The van der Waals surface area contributed by atoms with Gasteiger partial charge in [-0.25, -0.2) is 0 Å². The maximum absolute atomic E-state index is 12.3. The van der Waals surface area contributed by atoms with Gasteiger partial charge in [0.25, 0.3) is 5.56 Å². The monoisotopic (exact) mass is 230 g/mol. The molecule has 2 rings (SSSR count). The third-order valence-electron chi connectivity index (χ3n) is 3.37. The predicted octanol–water partition coefficient (Wildman–Crippen LogP) is 1.77. The van der Waals surface area contributed by atoms with Crippen LogP contribution in [0.5, 0.6) is 0 Å². The fourth-order valence-electron chi connectivity index (χ4n) is 2.02. The van der Waals surface area contributed by atoms with Gasteiger partial charge in [-0.05, 0) is 17.5 Å². The van der Waals surface area contributed by atoms with E-state index in [1.54, 1.807) is 11.6 Å². The summed E-state index contributed by atoms with van der Waals surface area (Å²) in [7, 11) is 1.81. The van der Waals surface area contributed by atoms with E-state index in [2.05, 4.69) is 0 Å². The summed E-state index contributed by atoms with van der Waals surface area (Å²) in [5.74, 6) is 0. The van der Waals surface area contributed by atoms with Gasteiger partial charge in [-0.3, -0.25) is 4.79 Å². The van der Waals surface area contributed by atoms with Gasteiger partial charge in [-0.2, -0.15) is 0 Å². The largest absolute Gasteiger partial charge is 0.330 e. The number of aromatic nitrogens is 1. The van der Waals surface area contributed by atoms with E-state index in [0.717, 1.165) is 16.5 Å². The van der Waals surface area contributed by atoms with Crippen molar-refractivity contribution in [2.75, 3.05) is 6.54 Å². The number of nitrogens with two attached hydrogens (primary N) is 1. The molecule has 0 bridgehead atoms. The summed E-state index contributed by atoms with van der Waals surface area (Å²) < 4.78 is 1.70. The highest BCUT2D eigenvalue weighted by Gasteiger charge is 2.23. The van der Waals surface area contributed by atoms with Crippen LogP contribution in [0, 0.1) is 0 Å². The minimum absolute atomic E-state index is 0.0409. The van der Waals surface area contributed by atoms with Gasteiger partial charge < -0.3 is 10.3 Å². The van der Waals surface area contributed by atoms with Crippen molar-refractivity contribution in [1.29, 1.82) is 0 Å². The molecule has 0 fully saturated rings. The average Bonchev–Trinajstić information content (AvgIpc) is 2.33. The molecule has 0 radical (unpaired) electrons. The molecule has 0 aliphatic rings. The molecular weight excluding hydrogens is 212 g/mol. The van der Waals surface area contributed by atoms with E-state index >= 15 is 0 Å². The Kier molecular flexibility index (Phi) is 2.79. The van der Waals surface area contributed by atoms with Crippen LogP contribution in [0.1, 0.15) is 19.4 Å². The van der Waals surface area contributed by atoms with E-state index < -0.39 is 0 Å². The predicted molar refractivity (Wildman–Crippen MR) is 71.3 cm³/mol. The van der Waals surface area contributed by atoms with Gasteiger partial charge in [0.05, 0.1) is 5.52 Å². The topological polar surface area (TPSA) is 48.0 Å². The molecule has 3 nitrogen and oxygen atoms in total. The highest BCUT2D eigenvalue weighted by molar-refractivity contribution is 5.79. The lowest BCUT2D eigenvalue weighted by Crippen LogP contribution is -2.36. The molecule has 2 aromatic rings. The molecule has 90 valence electrons. The highest BCUT2D eigenvalue weighted by atomic mass is 16.1. The third-order valence-corrected chi connectivity index (χ3v) is 3.37. The van der Waals surface area contributed by atoms with Crippen LogP contribution in [0.25, 0.3) is 10.9 Å².